The quantitative estimate of drug-likeness (QED) is 0.924. The lowest BCUT2D eigenvalue weighted by atomic mass is 9.92. The molecule has 0 spiro atoms. The fourth-order valence-corrected chi connectivity index (χ4v) is 3.76. The molecule has 0 aromatic heterocycles. The Morgan fingerprint density at radius 3 is 2.70 bits per heavy atom. The minimum Gasteiger partial charge on any atom is -0.327 e. The van der Waals surface area contributed by atoms with Crippen LogP contribution in [0.5, 0.6) is 0 Å². The highest BCUT2D eigenvalue weighted by atomic mass is 32.2. The van der Waals surface area contributed by atoms with Crippen molar-refractivity contribution < 1.29 is 8.42 Å². The van der Waals surface area contributed by atoms with E-state index in [1.165, 1.54) is 5.41 Å². The zero-order chi connectivity index (χ0) is 14.6. The monoisotopic (exact) mass is 294 g/mol. The first-order chi connectivity index (χ1) is 9.53. The molecule has 1 fully saturated rings. The maximum Gasteiger partial charge on any atom is 0.236 e. The molecule has 0 aliphatic carbocycles. The molecule has 2 atom stereocenters. The third-order valence-electron chi connectivity index (χ3n) is 3.87. The summed E-state index contributed by atoms with van der Waals surface area (Å²) in [5, 5.41) is 1.30. The third-order valence-corrected chi connectivity index (χ3v) is 5.40. The zero-order valence-corrected chi connectivity index (χ0v) is 12.6. The number of benzene rings is 1. The van der Waals surface area contributed by atoms with Gasteiger partial charge in [-0.15, -0.1) is 0 Å². The van der Waals surface area contributed by atoms with Gasteiger partial charge in [-0.2, -0.15) is 4.31 Å². The number of hydrogen-bond acceptors (Lipinski definition) is 3. The fourth-order valence-electron chi connectivity index (χ4n) is 2.49. The van der Waals surface area contributed by atoms with Crippen LogP contribution in [-0.2, 0) is 10.0 Å². The minimum atomic E-state index is -3.35. The Labute approximate surface area is 121 Å². The molecule has 2 N–H and O–H groups in total. The highest BCUT2D eigenvalue weighted by Gasteiger charge is 2.30. The van der Waals surface area contributed by atoms with E-state index in [0.29, 0.717) is 13.1 Å². The van der Waals surface area contributed by atoms with E-state index < -0.39 is 10.0 Å². The summed E-state index contributed by atoms with van der Waals surface area (Å²) in [4.78, 5) is 0. The summed E-state index contributed by atoms with van der Waals surface area (Å²) in [5.41, 5.74) is 6.91. The molecule has 0 radical (unpaired) electrons. The normalized spacial score (nSPS) is 25.1. The molecule has 0 amide bonds. The highest BCUT2D eigenvalue weighted by Crippen LogP contribution is 2.21. The smallest absolute Gasteiger partial charge is 0.236 e. The number of nitrogens with zero attached hydrogens (tertiary/aromatic N) is 1. The van der Waals surface area contributed by atoms with Gasteiger partial charge >= 0.3 is 0 Å². The van der Waals surface area contributed by atoms with Gasteiger partial charge in [-0.05, 0) is 24.0 Å². The van der Waals surface area contributed by atoms with Gasteiger partial charge < -0.3 is 5.73 Å². The maximum atomic E-state index is 12.3. The molecule has 0 saturated carbocycles. The molecule has 20 heavy (non-hydrogen) atoms. The lowest BCUT2D eigenvalue weighted by Gasteiger charge is -2.34. The lowest BCUT2D eigenvalue weighted by molar-refractivity contribution is 0.232. The van der Waals surface area contributed by atoms with Crippen LogP contribution >= 0.6 is 0 Å². The first kappa shape index (κ1) is 15.2. The Morgan fingerprint density at radius 1 is 1.35 bits per heavy atom. The van der Waals surface area contributed by atoms with Gasteiger partial charge in [-0.25, -0.2) is 8.42 Å². The van der Waals surface area contributed by atoms with Gasteiger partial charge in [-0.1, -0.05) is 43.7 Å². The van der Waals surface area contributed by atoms with E-state index >= 15 is 0 Å². The predicted molar refractivity (Wildman–Crippen MR) is 82.3 cm³/mol. The minimum absolute atomic E-state index is 0.115. The van der Waals surface area contributed by atoms with Crippen molar-refractivity contribution in [2.75, 3.05) is 13.1 Å². The lowest BCUT2D eigenvalue weighted by Crippen LogP contribution is -2.48. The Morgan fingerprint density at radius 2 is 2.05 bits per heavy atom. The maximum absolute atomic E-state index is 12.3. The second kappa shape index (κ2) is 6.52. The molecule has 110 valence electrons. The van der Waals surface area contributed by atoms with Gasteiger partial charge in [0.2, 0.25) is 10.0 Å². The zero-order valence-electron chi connectivity index (χ0n) is 11.8. The molecule has 0 bridgehead atoms. The van der Waals surface area contributed by atoms with Crippen LogP contribution in [-0.4, -0.2) is 31.9 Å². The van der Waals surface area contributed by atoms with Crippen LogP contribution in [0.3, 0.4) is 0 Å². The standard InChI is InChI=1S/C15H22N2O2S/c1-2-14-12-17(10-8-15(14)16)20(18,19)11-9-13-6-4-3-5-7-13/h3-7,9,11,14-15H,2,8,10,12,16H2,1H3/b11-9+. The molecular formula is C15H22N2O2S. The van der Waals surface area contributed by atoms with Crippen LogP contribution in [0, 0.1) is 5.92 Å². The van der Waals surface area contributed by atoms with Crippen molar-refractivity contribution in [3.63, 3.8) is 0 Å². The van der Waals surface area contributed by atoms with E-state index in [-0.39, 0.29) is 12.0 Å². The second-order valence-corrected chi connectivity index (χ2v) is 7.06. The van der Waals surface area contributed by atoms with Gasteiger partial charge in [0, 0.05) is 24.5 Å². The number of sulfonamides is 1. The molecule has 1 aliphatic rings. The van der Waals surface area contributed by atoms with E-state index in [0.717, 1.165) is 18.4 Å². The van der Waals surface area contributed by atoms with Gasteiger partial charge in [0.15, 0.2) is 0 Å². The summed E-state index contributed by atoms with van der Waals surface area (Å²) >= 11 is 0. The summed E-state index contributed by atoms with van der Waals surface area (Å²) in [7, 11) is -3.35. The van der Waals surface area contributed by atoms with Gasteiger partial charge in [-0.3, -0.25) is 0 Å². The highest BCUT2D eigenvalue weighted by molar-refractivity contribution is 7.92. The van der Waals surface area contributed by atoms with Crippen LogP contribution in [0.25, 0.3) is 6.08 Å². The topological polar surface area (TPSA) is 63.4 Å². The van der Waals surface area contributed by atoms with Crippen molar-refractivity contribution in [1.82, 2.24) is 4.31 Å². The summed E-state index contributed by atoms with van der Waals surface area (Å²) in [6.07, 6.45) is 3.29. The molecule has 2 unspecified atom stereocenters. The van der Waals surface area contributed by atoms with Crippen molar-refractivity contribution in [2.24, 2.45) is 11.7 Å². The summed E-state index contributed by atoms with van der Waals surface area (Å²) in [5.74, 6) is 0.253. The van der Waals surface area contributed by atoms with E-state index in [1.807, 2.05) is 30.3 Å². The summed E-state index contributed by atoms with van der Waals surface area (Å²) < 4.78 is 26.2. The number of rotatable bonds is 4. The molecule has 1 aliphatic heterocycles. The largest absolute Gasteiger partial charge is 0.327 e. The first-order valence-electron chi connectivity index (χ1n) is 7.02. The van der Waals surface area contributed by atoms with E-state index in [2.05, 4.69) is 6.92 Å². The average molecular weight is 294 g/mol. The predicted octanol–water partition coefficient (Wildman–Crippen LogP) is 2.05. The van der Waals surface area contributed by atoms with Crippen LogP contribution in [0.2, 0.25) is 0 Å². The van der Waals surface area contributed by atoms with E-state index in [9.17, 15) is 8.42 Å². The van der Waals surface area contributed by atoms with Crippen LogP contribution in [0.15, 0.2) is 35.7 Å². The summed E-state index contributed by atoms with van der Waals surface area (Å²) in [6, 6.07) is 9.56. The molecule has 1 heterocycles. The van der Waals surface area contributed by atoms with Crippen LogP contribution in [0.1, 0.15) is 25.3 Å². The molecule has 1 aromatic rings. The molecule has 1 saturated heterocycles. The Balaban J connectivity index is 2.09. The summed E-state index contributed by atoms with van der Waals surface area (Å²) in [6.45, 7) is 3.10. The Bertz CT molecular complexity index is 554. The second-order valence-electron chi connectivity index (χ2n) is 5.24. The Kier molecular flexibility index (Phi) is 4.96. The molecule has 1 aromatic carbocycles. The van der Waals surface area contributed by atoms with Crippen molar-refractivity contribution in [1.29, 1.82) is 0 Å². The first-order valence-corrected chi connectivity index (χ1v) is 8.52. The van der Waals surface area contributed by atoms with Crippen molar-refractivity contribution in [2.45, 2.75) is 25.8 Å². The molecule has 2 rings (SSSR count). The number of hydrogen-bond donors (Lipinski definition) is 1. The van der Waals surface area contributed by atoms with Gasteiger partial charge in [0.1, 0.15) is 0 Å². The number of piperidine rings is 1. The third kappa shape index (κ3) is 3.69. The molecule has 4 nitrogen and oxygen atoms in total. The number of nitrogens with two attached hydrogens (primary N) is 1. The SMILES string of the molecule is CCC1CN(S(=O)(=O)/C=C/c2ccccc2)CCC1N. The average Bonchev–Trinajstić information content (AvgIpc) is 2.46. The molecular weight excluding hydrogens is 272 g/mol. The van der Waals surface area contributed by atoms with E-state index in [4.69, 9.17) is 5.73 Å². The van der Waals surface area contributed by atoms with Crippen molar-refractivity contribution in [3.8, 4) is 0 Å². The van der Waals surface area contributed by atoms with Gasteiger partial charge in [0.25, 0.3) is 0 Å². The van der Waals surface area contributed by atoms with E-state index in [1.54, 1.807) is 10.4 Å². The van der Waals surface area contributed by atoms with Crippen LogP contribution in [0.4, 0.5) is 0 Å². The van der Waals surface area contributed by atoms with Gasteiger partial charge in [0.05, 0.1) is 0 Å². The molecule has 5 heteroatoms. The van der Waals surface area contributed by atoms with Crippen molar-refractivity contribution >= 4 is 16.1 Å². The fraction of sp³-hybridized carbons (Fsp3) is 0.467. The Hall–Kier alpha value is -1.17. The van der Waals surface area contributed by atoms with Crippen LogP contribution < -0.4 is 5.73 Å². The van der Waals surface area contributed by atoms with Crippen molar-refractivity contribution in [3.05, 3.63) is 41.3 Å².